The first-order chi connectivity index (χ1) is 2.41. The number of nitrogens with zero attached hydrogens (tertiary/aromatic N) is 1. The molecule has 0 aromatic carbocycles. The van der Waals surface area contributed by atoms with Gasteiger partial charge >= 0.3 is 0 Å². The van der Waals surface area contributed by atoms with Crippen molar-refractivity contribution < 1.29 is 32.7 Å². The van der Waals surface area contributed by atoms with Gasteiger partial charge in [0.1, 0.15) is 0 Å². The molecule has 0 saturated carbocycles. The van der Waals surface area contributed by atoms with Crippen molar-refractivity contribution in [3.05, 3.63) is 11.6 Å². The van der Waals surface area contributed by atoms with Crippen LogP contribution < -0.4 is 5.73 Å². The van der Waals surface area contributed by atoms with Crippen LogP contribution in [0.3, 0.4) is 0 Å². The largest absolute Gasteiger partial charge is 0.667 e. The summed E-state index contributed by atoms with van der Waals surface area (Å²) in [4.78, 5) is 0. The average molecular weight is 179 g/mol. The minimum Gasteiger partial charge on any atom is -0.667 e. The Morgan fingerprint density at radius 1 is 1.83 bits per heavy atom. The van der Waals surface area contributed by atoms with E-state index in [-0.39, 0.29) is 32.7 Å². The van der Waals surface area contributed by atoms with Crippen molar-refractivity contribution >= 4 is 9.39 Å². The van der Waals surface area contributed by atoms with Crippen LogP contribution in [0, 0.1) is 6.54 Å². The van der Waals surface area contributed by atoms with Crippen molar-refractivity contribution in [3.63, 3.8) is 0 Å². The van der Waals surface area contributed by atoms with Crippen molar-refractivity contribution in [2.75, 3.05) is 6.54 Å². The fraction of sp³-hybridized carbons (Fsp3) is 0.500. The van der Waals surface area contributed by atoms with Gasteiger partial charge in [-0.25, -0.2) is 0 Å². The third-order valence-corrected chi connectivity index (χ3v) is 0.422. The molecular formula is C2H7N2PY-2. The van der Waals surface area contributed by atoms with E-state index in [0.29, 0.717) is 6.54 Å². The van der Waals surface area contributed by atoms with Crippen LogP contribution in [0.4, 0.5) is 0 Å². The number of rotatable bonds is 2. The van der Waals surface area contributed by atoms with Crippen molar-refractivity contribution in [3.8, 4) is 0 Å². The summed E-state index contributed by atoms with van der Waals surface area (Å²) in [6, 6.07) is 0. The topological polar surface area (TPSA) is 40.1 Å². The summed E-state index contributed by atoms with van der Waals surface area (Å²) in [7, 11) is 2.21. The molecule has 35 valence electrons. The maximum absolute atomic E-state index is 4.91. The Hall–Kier alpha value is 1.45. The van der Waals surface area contributed by atoms with E-state index in [2.05, 4.69) is 14.5 Å². The van der Waals surface area contributed by atoms with E-state index in [1.165, 1.54) is 6.54 Å². The summed E-state index contributed by atoms with van der Waals surface area (Å²) in [5.74, 6) is 0. The quantitative estimate of drug-likeness (QED) is 0.479. The summed E-state index contributed by atoms with van der Waals surface area (Å²) in [6.45, 7) is 2.12. The Morgan fingerprint density at radius 2 is 2.33 bits per heavy atom. The van der Waals surface area contributed by atoms with Gasteiger partial charge in [0.15, 0.2) is 0 Å². The molecule has 1 radical (unpaired) electrons. The van der Waals surface area contributed by atoms with Crippen molar-refractivity contribution in [1.82, 2.24) is 0 Å². The summed E-state index contributed by atoms with van der Waals surface area (Å²) in [5.41, 5.74) is 4.91. The van der Waals surface area contributed by atoms with Crippen LogP contribution in [0.5, 0.6) is 0 Å². The molecule has 0 fully saturated rings. The predicted molar refractivity (Wildman–Crippen MR) is 26.4 cm³/mol. The van der Waals surface area contributed by atoms with Crippen LogP contribution in [-0.4, -0.2) is 6.54 Å². The summed E-state index contributed by atoms with van der Waals surface area (Å²) in [5, 5.41) is 3.59. The molecule has 0 aromatic rings. The van der Waals surface area contributed by atoms with E-state index >= 15 is 0 Å². The van der Waals surface area contributed by atoms with Crippen LogP contribution in [0.25, 0.3) is 5.09 Å². The van der Waals surface area contributed by atoms with Crippen LogP contribution in [0.15, 0.2) is 0 Å². The Balaban J connectivity index is 0. The molecule has 0 aliphatic carbocycles. The third-order valence-electron chi connectivity index (χ3n) is 0.211. The minimum absolute atomic E-state index is 0. The second-order valence-corrected chi connectivity index (χ2v) is 0.966. The van der Waals surface area contributed by atoms with E-state index < -0.39 is 0 Å². The molecule has 0 aromatic heterocycles. The molecule has 4 heteroatoms. The fourth-order valence-electron chi connectivity index (χ4n) is 0.0609. The Kier molecular flexibility index (Phi) is 16.8. The average Bonchev–Trinajstić information content (AvgIpc) is 1.41. The minimum atomic E-state index is 0. The molecular weight excluding hydrogens is 172 g/mol. The van der Waals surface area contributed by atoms with Gasteiger partial charge in [0.05, 0.1) is 0 Å². The van der Waals surface area contributed by atoms with E-state index in [1.54, 1.807) is 0 Å². The maximum atomic E-state index is 4.91. The SMILES string of the molecule is N[CH-]C[N-]P.[Y]. The number of hydrogen-bond donors (Lipinski definition) is 1. The van der Waals surface area contributed by atoms with Crippen molar-refractivity contribution in [2.45, 2.75) is 0 Å². The Morgan fingerprint density at radius 3 is 2.33 bits per heavy atom. The molecule has 1 atom stereocenters. The van der Waals surface area contributed by atoms with E-state index in [4.69, 9.17) is 5.73 Å². The molecule has 0 heterocycles. The second-order valence-electron chi connectivity index (χ2n) is 0.601. The molecule has 1 unspecified atom stereocenters. The Bertz CT molecular complexity index is 19.0. The molecule has 2 N–H and O–H groups in total. The smallest absolute Gasteiger partial charge is 0 e. The van der Waals surface area contributed by atoms with Gasteiger partial charge < -0.3 is 10.8 Å². The molecule has 0 aliphatic heterocycles. The summed E-state index contributed by atoms with van der Waals surface area (Å²) in [6.07, 6.45) is 0. The van der Waals surface area contributed by atoms with Gasteiger partial charge in [0, 0.05) is 32.7 Å². The van der Waals surface area contributed by atoms with Gasteiger partial charge in [-0.05, 0) is 0 Å². The van der Waals surface area contributed by atoms with Gasteiger partial charge in [-0.2, -0.15) is 0 Å². The Labute approximate surface area is 65.8 Å². The zero-order chi connectivity index (χ0) is 4.12. The summed E-state index contributed by atoms with van der Waals surface area (Å²) >= 11 is 0. The zero-order valence-electron chi connectivity index (χ0n) is 3.46. The summed E-state index contributed by atoms with van der Waals surface area (Å²) < 4.78 is 0. The number of hydrogen-bond acceptors (Lipinski definition) is 1. The van der Waals surface area contributed by atoms with Crippen LogP contribution >= 0.6 is 9.39 Å². The molecule has 0 bridgehead atoms. The van der Waals surface area contributed by atoms with Crippen molar-refractivity contribution in [1.29, 1.82) is 0 Å². The van der Waals surface area contributed by atoms with Crippen LogP contribution in [0.1, 0.15) is 0 Å². The molecule has 0 spiro atoms. The zero-order valence-corrected chi connectivity index (χ0v) is 7.46. The van der Waals surface area contributed by atoms with Gasteiger partial charge in [-0.15, -0.1) is 0 Å². The molecule has 2 nitrogen and oxygen atoms in total. The van der Waals surface area contributed by atoms with Crippen LogP contribution in [-0.2, 0) is 32.7 Å². The number of nitrogens with two attached hydrogens (primary N) is 1. The normalized spacial score (nSPS) is 7.00. The predicted octanol–water partition coefficient (Wildman–Crippen LogP) is 0.268. The van der Waals surface area contributed by atoms with Gasteiger partial charge in [0.2, 0.25) is 0 Å². The second kappa shape index (κ2) is 9.68. The first-order valence-corrected chi connectivity index (χ1v) is 1.83. The standard InChI is InChI=1S/C2H7N2P.Y/c3-1-2-4-5;/h1H,2-3,5H2;/q-2;. The van der Waals surface area contributed by atoms with Crippen molar-refractivity contribution in [2.24, 2.45) is 5.73 Å². The van der Waals surface area contributed by atoms with E-state index in [1.807, 2.05) is 0 Å². The van der Waals surface area contributed by atoms with Gasteiger partial charge in [-0.3, -0.25) is 22.5 Å². The third kappa shape index (κ3) is 9.07. The first-order valence-electron chi connectivity index (χ1n) is 1.32. The maximum Gasteiger partial charge on any atom is 0 e. The van der Waals surface area contributed by atoms with E-state index in [9.17, 15) is 0 Å². The molecule has 0 saturated heterocycles. The van der Waals surface area contributed by atoms with Gasteiger partial charge in [-0.1, -0.05) is 0 Å². The fourth-order valence-corrected chi connectivity index (χ4v) is 0.183. The molecule has 0 amide bonds. The molecule has 0 rings (SSSR count). The van der Waals surface area contributed by atoms with E-state index in [0.717, 1.165) is 0 Å². The van der Waals surface area contributed by atoms with Gasteiger partial charge in [0.25, 0.3) is 0 Å². The first kappa shape index (κ1) is 10.4. The monoisotopic (exact) mass is 179 g/mol. The molecule has 0 aliphatic rings. The molecule has 6 heavy (non-hydrogen) atoms. The van der Waals surface area contributed by atoms with Crippen LogP contribution in [0.2, 0.25) is 0 Å².